The molecule has 0 unspecified atom stereocenters. The van der Waals surface area contributed by atoms with Crippen molar-refractivity contribution in [1.29, 1.82) is 0 Å². The van der Waals surface area contributed by atoms with E-state index in [1.54, 1.807) is 4.68 Å². The first-order chi connectivity index (χ1) is 10.9. The molecule has 5 heteroatoms. The lowest BCUT2D eigenvalue weighted by Crippen LogP contribution is -2.39. The first-order valence-electron chi connectivity index (χ1n) is 8.00. The number of aryl methyl sites for hydroxylation is 2. The Morgan fingerprint density at radius 1 is 1.22 bits per heavy atom. The van der Waals surface area contributed by atoms with Crippen LogP contribution in [0.15, 0.2) is 30.3 Å². The highest BCUT2D eigenvalue weighted by atomic mass is 16.1. The molecule has 124 valence electrons. The first-order valence-corrected chi connectivity index (χ1v) is 8.00. The van der Waals surface area contributed by atoms with Crippen molar-refractivity contribution in [3.05, 3.63) is 47.3 Å². The Morgan fingerprint density at radius 3 is 2.39 bits per heavy atom. The van der Waals surface area contributed by atoms with Gasteiger partial charge < -0.3 is 10.6 Å². The molecular weight excluding hydrogens is 288 g/mol. The Labute approximate surface area is 138 Å². The SMILES string of the molecule is Cc1nn(C)c(C)c1C(=O)NC[C@H](Nc1ccccc1)C(C)C. The largest absolute Gasteiger partial charge is 0.380 e. The van der Waals surface area contributed by atoms with Crippen LogP contribution < -0.4 is 10.6 Å². The number of anilines is 1. The van der Waals surface area contributed by atoms with Gasteiger partial charge in [-0.2, -0.15) is 5.10 Å². The van der Waals surface area contributed by atoms with E-state index in [-0.39, 0.29) is 11.9 Å². The molecule has 2 aromatic rings. The van der Waals surface area contributed by atoms with Crippen molar-refractivity contribution in [1.82, 2.24) is 15.1 Å². The topological polar surface area (TPSA) is 59.0 Å². The lowest BCUT2D eigenvalue weighted by atomic mass is 10.0. The number of nitrogens with one attached hydrogen (secondary N) is 2. The molecule has 23 heavy (non-hydrogen) atoms. The van der Waals surface area contributed by atoms with E-state index >= 15 is 0 Å². The predicted octanol–water partition coefficient (Wildman–Crippen LogP) is 2.90. The van der Waals surface area contributed by atoms with Gasteiger partial charge in [-0.25, -0.2) is 0 Å². The molecule has 1 aromatic heterocycles. The number of benzene rings is 1. The maximum Gasteiger partial charge on any atom is 0.255 e. The van der Waals surface area contributed by atoms with Gasteiger partial charge in [-0.1, -0.05) is 32.0 Å². The number of aromatic nitrogens is 2. The van der Waals surface area contributed by atoms with Crippen LogP contribution in [0.3, 0.4) is 0 Å². The van der Waals surface area contributed by atoms with Gasteiger partial charge in [0.1, 0.15) is 0 Å². The third-order valence-corrected chi connectivity index (χ3v) is 4.15. The molecular formula is C18H26N4O. The third kappa shape index (κ3) is 4.12. The van der Waals surface area contributed by atoms with E-state index < -0.39 is 0 Å². The van der Waals surface area contributed by atoms with Crippen molar-refractivity contribution in [3.8, 4) is 0 Å². The Balaban J connectivity index is 2.02. The van der Waals surface area contributed by atoms with Crippen LogP contribution in [0.25, 0.3) is 0 Å². The van der Waals surface area contributed by atoms with E-state index in [9.17, 15) is 4.79 Å². The van der Waals surface area contributed by atoms with Gasteiger partial charge in [-0.15, -0.1) is 0 Å². The molecule has 2 rings (SSSR count). The predicted molar refractivity (Wildman–Crippen MR) is 93.7 cm³/mol. The third-order valence-electron chi connectivity index (χ3n) is 4.15. The Kier molecular flexibility index (Phi) is 5.42. The fourth-order valence-corrected chi connectivity index (χ4v) is 2.60. The summed E-state index contributed by atoms with van der Waals surface area (Å²) in [5.41, 5.74) is 3.39. The van der Waals surface area contributed by atoms with Crippen molar-refractivity contribution >= 4 is 11.6 Å². The summed E-state index contributed by atoms with van der Waals surface area (Å²) in [5, 5.41) is 10.8. The van der Waals surface area contributed by atoms with Gasteiger partial charge in [0, 0.05) is 31.0 Å². The van der Waals surface area contributed by atoms with Crippen LogP contribution in [0.2, 0.25) is 0 Å². The molecule has 0 saturated heterocycles. The van der Waals surface area contributed by atoms with Crippen LogP contribution in [-0.4, -0.2) is 28.3 Å². The second kappa shape index (κ2) is 7.31. The van der Waals surface area contributed by atoms with Crippen LogP contribution in [0.1, 0.15) is 35.6 Å². The smallest absolute Gasteiger partial charge is 0.255 e. The Bertz CT molecular complexity index is 661. The highest BCUT2D eigenvalue weighted by Gasteiger charge is 2.19. The van der Waals surface area contributed by atoms with Crippen LogP contribution in [0.5, 0.6) is 0 Å². The van der Waals surface area contributed by atoms with E-state index in [2.05, 4.69) is 29.6 Å². The summed E-state index contributed by atoms with van der Waals surface area (Å²) < 4.78 is 1.74. The average molecular weight is 314 g/mol. The molecule has 0 bridgehead atoms. The minimum atomic E-state index is -0.0615. The molecule has 0 spiro atoms. The van der Waals surface area contributed by atoms with E-state index in [0.29, 0.717) is 18.0 Å². The summed E-state index contributed by atoms with van der Waals surface area (Å²) in [4.78, 5) is 12.5. The number of hydrogen-bond acceptors (Lipinski definition) is 3. The number of rotatable bonds is 6. The minimum Gasteiger partial charge on any atom is -0.380 e. The van der Waals surface area contributed by atoms with Crippen molar-refractivity contribution in [2.75, 3.05) is 11.9 Å². The molecule has 5 nitrogen and oxygen atoms in total. The Hall–Kier alpha value is -2.30. The van der Waals surface area contributed by atoms with E-state index in [1.807, 2.05) is 51.2 Å². The van der Waals surface area contributed by atoms with Gasteiger partial charge in [-0.05, 0) is 31.9 Å². The molecule has 0 aliphatic carbocycles. The summed E-state index contributed by atoms with van der Waals surface area (Å²) >= 11 is 0. The zero-order chi connectivity index (χ0) is 17.0. The van der Waals surface area contributed by atoms with Crippen molar-refractivity contribution in [2.24, 2.45) is 13.0 Å². The molecule has 0 fully saturated rings. The van der Waals surface area contributed by atoms with E-state index in [0.717, 1.165) is 17.1 Å². The van der Waals surface area contributed by atoms with E-state index in [1.165, 1.54) is 0 Å². The molecule has 0 aliphatic heterocycles. The second-order valence-electron chi connectivity index (χ2n) is 6.24. The molecule has 1 amide bonds. The van der Waals surface area contributed by atoms with E-state index in [4.69, 9.17) is 0 Å². The van der Waals surface area contributed by atoms with Crippen molar-refractivity contribution in [3.63, 3.8) is 0 Å². The summed E-state index contributed by atoms with van der Waals surface area (Å²) in [5.74, 6) is 0.334. The standard InChI is InChI=1S/C18H26N4O/c1-12(2)16(20-15-9-7-6-8-10-15)11-19-18(23)17-13(3)21-22(5)14(17)4/h6-10,12,16,20H,11H2,1-5H3,(H,19,23)/t16-/m0/s1. The molecule has 0 saturated carbocycles. The van der Waals surface area contributed by atoms with Gasteiger partial charge >= 0.3 is 0 Å². The maximum atomic E-state index is 12.5. The molecule has 1 heterocycles. The molecule has 0 radical (unpaired) electrons. The zero-order valence-electron chi connectivity index (χ0n) is 14.6. The molecule has 1 atom stereocenters. The van der Waals surface area contributed by atoms with Gasteiger partial charge in [0.25, 0.3) is 5.91 Å². The van der Waals surface area contributed by atoms with Gasteiger partial charge in [0.05, 0.1) is 11.3 Å². The highest BCUT2D eigenvalue weighted by molar-refractivity contribution is 5.96. The van der Waals surface area contributed by atoms with Gasteiger partial charge in [0.15, 0.2) is 0 Å². The number of hydrogen-bond donors (Lipinski definition) is 2. The number of para-hydroxylation sites is 1. The number of nitrogens with zero attached hydrogens (tertiary/aromatic N) is 2. The van der Waals surface area contributed by atoms with Crippen LogP contribution in [0, 0.1) is 19.8 Å². The molecule has 0 aliphatic rings. The highest BCUT2D eigenvalue weighted by Crippen LogP contribution is 2.14. The molecule has 1 aromatic carbocycles. The number of carbonyl (C=O) groups is 1. The molecule has 2 N–H and O–H groups in total. The summed E-state index contributed by atoms with van der Waals surface area (Å²) in [6, 6.07) is 10.2. The summed E-state index contributed by atoms with van der Waals surface area (Å²) in [6.07, 6.45) is 0. The lowest BCUT2D eigenvalue weighted by Gasteiger charge is -2.24. The summed E-state index contributed by atoms with van der Waals surface area (Å²) in [7, 11) is 1.85. The average Bonchev–Trinajstić information content (AvgIpc) is 2.77. The monoisotopic (exact) mass is 314 g/mol. The number of amides is 1. The first kappa shape index (κ1) is 17.1. The second-order valence-corrected chi connectivity index (χ2v) is 6.24. The fourth-order valence-electron chi connectivity index (χ4n) is 2.60. The van der Waals surface area contributed by atoms with Crippen molar-refractivity contribution < 1.29 is 4.79 Å². The zero-order valence-corrected chi connectivity index (χ0v) is 14.6. The normalized spacial score (nSPS) is 12.3. The summed E-state index contributed by atoms with van der Waals surface area (Å²) in [6.45, 7) is 8.64. The fraction of sp³-hybridized carbons (Fsp3) is 0.444. The Morgan fingerprint density at radius 2 is 1.87 bits per heavy atom. The quantitative estimate of drug-likeness (QED) is 0.862. The van der Waals surface area contributed by atoms with Crippen LogP contribution >= 0.6 is 0 Å². The van der Waals surface area contributed by atoms with Gasteiger partial charge in [0.2, 0.25) is 0 Å². The maximum absolute atomic E-state index is 12.5. The van der Waals surface area contributed by atoms with Gasteiger partial charge in [-0.3, -0.25) is 9.48 Å². The van der Waals surface area contributed by atoms with Crippen LogP contribution in [-0.2, 0) is 7.05 Å². The lowest BCUT2D eigenvalue weighted by molar-refractivity contribution is 0.0949. The number of carbonyl (C=O) groups excluding carboxylic acids is 1. The van der Waals surface area contributed by atoms with Crippen molar-refractivity contribution in [2.45, 2.75) is 33.7 Å². The van der Waals surface area contributed by atoms with Crippen LogP contribution in [0.4, 0.5) is 5.69 Å². The minimum absolute atomic E-state index is 0.0615.